The predicted molar refractivity (Wildman–Crippen MR) is 68.4 cm³/mol. The number of anilines is 2. The van der Waals surface area contributed by atoms with Gasteiger partial charge >= 0.3 is 0 Å². The van der Waals surface area contributed by atoms with Crippen molar-refractivity contribution in [1.82, 2.24) is 30.6 Å². The molecule has 0 saturated heterocycles. The molecule has 4 N–H and O–H groups in total. The molecule has 1 atom stereocenters. The number of aromatic amines is 1. The monoisotopic (exact) mass is 264 g/mol. The standard InChI is InChI=1S/C10H16N8O/c1-5(2)19-10-7(11)9(12-4-13-10)14-6(3)8-15-17-18-16-8/h4-6H,11H2,1-3H3,(H,12,13,14)(H,15,16,17,18). The summed E-state index contributed by atoms with van der Waals surface area (Å²) < 4.78 is 5.49. The van der Waals surface area contributed by atoms with Crippen molar-refractivity contribution in [3.63, 3.8) is 0 Å². The molecule has 2 aromatic rings. The minimum Gasteiger partial charge on any atom is -0.473 e. The van der Waals surface area contributed by atoms with Crippen LogP contribution in [-0.4, -0.2) is 36.7 Å². The van der Waals surface area contributed by atoms with Crippen LogP contribution in [0, 0.1) is 0 Å². The lowest BCUT2D eigenvalue weighted by Gasteiger charge is -2.15. The Bertz CT molecular complexity index is 526. The topological polar surface area (TPSA) is 128 Å². The number of rotatable bonds is 5. The van der Waals surface area contributed by atoms with Crippen molar-refractivity contribution in [2.24, 2.45) is 0 Å². The number of H-pyrrole nitrogens is 1. The van der Waals surface area contributed by atoms with Crippen molar-refractivity contribution in [3.05, 3.63) is 12.2 Å². The van der Waals surface area contributed by atoms with Crippen molar-refractivity contribution in [3.8, 4) is 5.88 Å². The van der Waals surface area contributed by atoms with Gasteiger partial charge in [0.25, 0.3) is 0 Å². The average molecular weight is 264 g/mol. The van der Waals surface area contributed by atoms with E-state index in [9.17, 15) is 0 Å². The smallest absolute Gasteiger partial charge is 0.242 e. The fraction of sp³-hybridized carbons (Fsp3) is 0.500. The first-order chi connectivity index (χ1) is 9.08. The summed E-state index contributed by atoms with van der Waals surface area (Å²) in [5, 5.41) is 16.7. The molecule has 0 amide bonds. The van der Waals surface area contributed by atoms with Crippen molar-refractivity contribution >= 4 is 11.5 Å². The zero-order chi connectivity index (χ0) is 13.8. The lowest BCUT2D eigenvalue weighted by Crippen LogP contribution is -2.14. The van der Waals surface area contributed by atoms with Gasteiger partial charge < -0.3 is 15.8 Å². The minimum atomic E-state index is -0.192. The van der Waals surface area contributed by atoms with Crippen LogP contribution >= 0.6 is 0 Å². The molecule has 19 heavy (non-hydrogen) atoms. The Labute approximate surface area is 110 Å². The molecule has 0 fully saturated rings. The second kappa shape index (κ2) is 5.46. The Kier molecular flexibility index (Phi) is 3.74. The van der Waals surface area contributed by atoms with E-state index in [2.05, 4.69) is 35.9 Å². The number of tetrazole rings is 1. The summed E-state index contributed by atoms with van der Waals surface area (Å²) in [4.78, 5) is 8.08. The number of hydrogen-bond acceptors (Lipinski definition) is 8. The van der Waals surface area contributed by atoms with Gasteiger partial charge in [-0.15, -0.1) is 10.2 Å². The fourth-order valence-corrected chi connectivity index (χ4v) is 1.43. The van der Waals surface area contributed by atoms with Gasteiger partial charge in [0.15, 0.2) is 11.6 Å². The highest BCUT2D eigenvalue weighted by molar-refractivity contribution is 5.66. The Morgan fingerprint density at radius 3 is 2.74 bits per heavy atom. The van der Waals surface area contributed by atoms with Gasteiger partial charge in [-0.1, -0.05) is 5.21 Å². The van der Waals surface area contributed by atoms with Crippen LogP contribution in [0.1, 0.15) is 32.6 Å². The highest BCUT2D eigenvalue weighted by Crippen LogP contribution is 2.27. The Balaban J connectivity index is 2.16. The molecule has 0 bridgehead atoms. The Morgan fingerprint density at radius 1 is 1.32 bits per heavy atom. The summed E-state index contributed by atoms with van der Waals surface area (Å²) in [5.41, 5.74) is 6.31. The van der Waals surface area contributed by atoms with Gasteiger partial charge in [0.2, 0.25) is 5.88 Å². The molecule has 2 rings (SSSR count). The highest BCUT2D eigenvalue weighted by Gasteiger charge is 2.15. The van der Waals surface area contributed by atoms with Gasteiger partial charge in [-0.05, 0) is 20.8 Å². The first-order valence-electron chi connectivity index (χ1n) is 5.85. The lowest BCUT2D eigenvalue weighted by atomic mass is 10.3. The number of aromatic nitrogens is 6. The van der Waals surface area contributed by atoms with E-state index in [1.807, 2.05) is 20.8 Å². The molecule has 0 aliphatic heterocycles. The molecule has 0 aliphatic rings. The zero-order valence-electron chi connectivity index (χ0n) is 11.0. The van der Waals surface area contributed by atoms with Gasteiger partial charge in [-0.3, -0.25) is 0 Å². The number of hydrogen-bond donors (Lipinski definition) is 3. The van der Waals surface area contributed by atoms with E-state index < -0.39 is 0 Å². The summed E-state index contributed by atoms with van der Waals surface area (Å²) in [5.74, 6) is 1.35. The molecule has 2 heterocycles. The van der Waals surface area contributed by atoms with Crippen molar-refractivity contribution in [2.45, 2.75) is 32.9 Å². The molecule has 0 aromatic carbocycles. The Hall–Kier alpha value is -2.45. The third kappa shape index (κ3) is 3.06. The molecule has 0 saturated carbocycles. The zero-order valence-corrected chi connectivity index (χ0v) is 11.0. The van der Waals surface area contributed by atoms with Crippen molar-refractivity contribution < 1.29 is 4.74 Å². The number of nitrogen functional groups attached to an aromatic ring is 1. The van der Waals surface area contributed by atoms with Gasteiger partial charge in [-0.25, -0.2) is 4.98 Å². The maximum Gasteiger partial charge on any atom is 0.242 e. The number of nitrogens with zero attached hydrogens (tertiary/aromatic N) is 5. The third-order valence-corrected chi connectivity index (χ3v) is 2.30. The molecule has 9 heteroatoms. The normalized spacial score (nSPS) is 12.4. The van der Waals surface area contributed by atoms with Gasteiger partial charge in [0, 0.05) is 0 Å². The summed E-state index contributed by atoms with van der Waals surface area (Å²) >= 11 is 0. The fourth-order valence-electron chi connectivity index (χ4n) is 1.43. The molecule has 102 valence electrons. The van der Waals surface area contributed by atoms with Crippen LogP contribution in [0.3, 0.4) is 0 Å². The number of ether oxygens (including phenoxy) is 1. The van der Waals surface area contributed by atoms with Crippen LogP contribution in [-0.2, 0) is 0 Å². The first-order valence-corrected chi connectivity index (χ1v) is 5.85. The van der Waals surface area contributed by atoms with E-state index in [0.717, 1.165) is 0 Å². The average Bonchev–Trinajstić information content (AvgIpc) is 2.87. The van der Waals surface area contributed by atoms with E-state index in [1.165, 1.54) is 6.33 Å². The number of nitrogens with one attached hydrogen (secondary N) is 2. The molecule has 9 nitrogen and oxygen atoms in total. The van der Waals surface area contributed by atoms with Crippen LogP contribution in [0.2, 0.25) is 0 Å². The van der Waals surface area contributed by atoms with Gasteiger partial charge in [0.05, 0.1) is 12.1 Å². The highest BCUT2D eigenvalue weighted by atomic mass is 16.5. The van der Waals surface area contributed by atoms with Crippen LogP contribution in [0.15, 0.2) is 6.33 Å². The van der Waals surface area contributed by atoms with Gasteiger partial charge in [0.1, 0.15) is 12.0 Å². The SMILES string of the molecule is CC(C)Oc1ncnc(NC(C)c2nn[nH]n2)c1N. The second-order valence-electron chi connectivity index (χ2n) is 4.24. The summed E-state index contributed by atoms with van der Waals surface area (Å²) in [6.07, 6.45) is 1.37. The molecule has 2 aromatic heterocycles. The summed E-state index contributed by atoms with van der Waals surface area (Å²) in [6, 6.07) is -0.192. The molecule has 0 radical (unpaired) electrons. The quantitative estimate of drug-likeness (QED) is 0.713. The lowest BCUT2D eigenvalue weighted by molar-refractivity contribution is 0.234. The first kappa shape index (κ1) is 13.0. The van der Waals surface area contributed by atoms with E-state index >= 15 is 0 Å². The van der Waals surface area contributed by atoms with E-state index in [0.29, 0.717) is 23.2 Å². The number of nitrogens with two attached hydrogens (primary N) is 1. The van der Waals surface area contributed by atoms with Crippen molar-refractivity contribution in [1.29, 1.82) is 0 Å². The largest absolute Gasteiger partial charge is 0.473 e. The van der Waals surface area contributed by atoms with Crippen LogP contribution < -0.4 is 15.8 Å². The van der Waals surface area contributed by atoms with Crippen LogP contribution in [0.5, 0.6) is 5.88 Å². The second-order valence-corrected chi connectivity index (χ2v) is 4.24. The maximum absolute atomic E-state index is 5.96. The van der Waals surface area contributed by atoms with Crippen LogP contribution in [0.4, 0.5) is 11.5 Å². The molecular formula is C10H16N8O. The third-order valence-electron chi connectivity index (χ3n) is 2.30. The molecular weight excluding hydrogens is 248 g/mol. The molecule has 0 spiro atoms. The maximum atomic E-state index is 5.96. The molecule has 0 aliphatic carbocycles. The minimum absolute atomic E-state index is 0.0142. The summed E-state index contributed by atoms with van der Waals surface area (Å²) in [6.45, 7) is 5.67. The summed E-state index contributed by atoms with van der Waals surface area (Å²) in [7, 11) is 0. The Morgan fingerprint density at radius 2 is 2.11 bits per heavy atom. The van der Waals surface area contributed by atoms with E-state index in [-0.39, 0.29) is 12.1 Å². The van der Waals surface area contributed by atoms with E-state index in [4.69, 9.17) is 10.5 Å². The van der Waals surface area contributed by atoms with Crippen LogP contribution in [0.25, 0.3) is 0 Å². The van der Waals surface area contributed by atoms with Gasteiger partial charge in [-0.2, -0.15) is 10.2 Å². The van der Waals surface area contributed by atoms with Crippen molar-refractivity contribution in [2.75, 3.05) is 11.1 Å². The molecule has 1 unspecified atom stereocenters. The van der Waals surface area contributed by atoms with E-state index in [1.54, 1.807) is 0 Å². The predicted octanol–water partition coefficient (Wildman–Crippen LogP) is 0.532.